The van der Waals surface area contributed by atoms with Crippen LogP contribution in [0.15, 0.2) is 46.2 Å². The van der Waals surface area contributed by atoms with Crippen molar-refractivity contribution in [2.45, 2.75) is 42.4 Å². The zero-order chi connectivity index (χ0) is 25.5. The summed E-state index contributed by atoms with van der Waals surface area (Å²) in [5.41, 5.74) is 3.12. The molecule has 4 rings (SSSR count). The van der Waals surface area contributed by atoms with Crippen molar-refractivity contribution in [1.82, 2.24) is 5.43 Å². The second-order valence-electron chi connectivity index (χ2n) is 8.44. The van der Waals surface area contributed by atoms with Gasteiger partial charge in [0.1, 0.15) is 9.79 Å². The van der Waals surface area contributed by atoms with Crippen molar-refractivity contribution in [2.24, 2.45) is 5.84 Å². The molecule has 0 saturated heterocycles. The van der Waals surface area contributed by atoms with Crippen LogP contribution < -0.4 is 16.6 Å². The fraction of sp³-hybridized carbons (Fsp3) is 0.261. The van der Waals surface area contributed by atoms with Gasteiger partial charge < -0.3 is 5.32 Å². The average molecular weight is 520 g/mol. The molecule has 4 aromatic rings. The highest BCUT2D eigenvalue weighted by molar-refractivity contribution is 7.86. The Morgan fingerprint density at radius 2 is 1.37 bits per heavy atom. The van der Waals surface area contributed by atoms with Gasteiger partial charge in [0.2, 0.25) is 5.91 Å². The molecule has 1 amide bonds. The number of benzene rings is 4. The van der Waals surface area contributed by atoms with E-state index in [1.807, 2.05) is 12.1 Å². The van der Waals surface area contributed by atoms with Gasteiger partial charge in [0, 0.05) is 40.2 Å². The first-order chi connectivity index (χ1) is 16.4. The van der Waals surface area contributed by atoms with Crippen LogP contribution >= 0.6 is 0 Å². The summed E-state index contributed by atoms with van der Waals surface area (Å²) in [5, 5.41) is 5.98. The molecule has 0 aliphatic carbocycles. The standard InChI is InChI=1S/C23H25N3O7S2/c1-13-11-19(34(28,29)30)16-8-9-17-20(35(31,32)33)12-18(15-7-6-14(13)22(16)23(15)17)25-10-4-2-3-5-21(27)26-24/h6-9,11-12,25H,2-5,10,24H2,1H3,(H,26,27)(H,28,29,30)(H,31,32,33). The lowest BCUT2D eigenvalue weighted by atomic mass is 9.91. The predicted octanol–water partition coefficient (Wildman–Crippen LogP) is 3.35. The SMILES string of the molecule is Cc1cc(S(=O)(=O)O)c2ccc3c(S(=O)(=O)O)cc(NCCCCCC(=O)NN)c4ccc1c2c43. The van der Waals surface area contributed by atoms with Crippen LogP contribution in [0.1, 0.15) is 31.2 Å². The number of rotatable bonds is 9. The summed E-state index contributed by atoms with van der Waals surface area (Å²) in [7, 11) is -9.16. The van der Waals surface area contributed by atoms with E-state index < -0.39 is 20.2 Å². The summed E-state index contributed by atoms with van der Waals surface area (Å²) in [5.74, 6) is 4.82. The number of anilines is 1. The first kappa shape index (κ1) is 25.1. The molecule has 0 fully saturated rings. The molecule has 12 heteroatoms. The highest BCUT2D eigenvalue weighted by Crippen LogP contribution is 2.43. The Morgan fingerprint density at radius 3 is 1.97 bits per heavy atom. The van der Waals surface area contributed by atoms with Gasteiger partial charge in [-0.25, -0.2) is 5.84 Å². The maximum atomic E-state index is 12.3. The third-order valence-corrected chi connectivity index (χ3v) is 7.93. The molecule has 0 aliphatic heterocycles. The number of hydrogen-bond acceptors (Lipinski definition) is 7. The van der Waals surface area contributed by atoms with E-state index in [1.165, 1.54) is 24.3 Å². The van der Waals surface area contributed by atoms with Crippen molar-refractivity contribution in [2.75, 3.05) is 11.9 Å². The molecule has 35 heavy (non-hydrogen) atoms. The van der Waals surface area contributed by atoms with Gasteiger partial charge in [0.05, 0.1) is 0 Å². The molecule has 186 valence electrons. The van der Waals surface area contributed by atoms with E-state index in [4.69, 9.17) is 5.84 Å². The molecule has 0 spiro atoms. The molecule has 0 aliphatic rings. The van der Waals surface area contributed by atoms with Crippen LogP contribution in [0.25, 0.3) is 32.3 Å². The van der Waals surface area contributed by atoms with E-state index in [1.54, 1.807) is 6.92 Å². The number of hydrogen-bond donors (Lipinski definition) is 5. The van der Waals surface area contributed by atoms with E-state index in [-0.39, 0.29) is 26.5 Å². The zero-order valence-electron chi connectivity index (χ0n) is 18.8. The smallest absolute Gasteiger partial charge is 0.295 e. The third kappa shape index (κ3) is 4.75. The van der Waals surface area contributed by atoms with Crippen molar-refractivity contribution in [1.29, 1.82) is 0 Å². The van der Waals surface area contributed by atoms with Gasteiger partial charge in [-0.1, -0.05) is 30.7 Å². The molecule has 0 bridgehead atoms. The Bertz CT molecular complexity index is 1670. The Hall–Kier alpha value is -3.03. The number of hydrazine groups is 1. The first-order valence-electron chi connectivity index (χ1n) is 10.9. The fourth-order valence-electron chi connectivity index (χ4n) is 4.55. The minimum absolute atomic E-state index is 0.242. The molecule has 6 N–H and O–H groups in total. The average Bonchev–Trinajstić information content (AvgIpc) is 2.79. The van der Waals surface area contributed by atoms with Gasteiger partial charge in [-0.2, -0.15) is 16.8 Å². The summed E-state index contributed by atoms with van der Waals surface area (Å²) in [4.78, 5) is 10.7. The summed E-state index contributed by atoms with van der Waals surface area (Å²) in [6.45, 7) is 2.17. The van der Waals surface area contributed by atoms with E-state index >= 15 is 0 Å². The van der Waals surface area contributed by atoms with Gasteiger partial charge >= 0.3 is 0 Å². The largest absolute Gasteiger partial charge is 0.385 e. The van der Waals surface area contributed by atoms with Crippen LogP contribution in [0.5, 0.6) is 0 Å². The van der Waals surface area contributed by atoms with E-state index in [2.05, 4.69) is 10.7 Å². The highest BCUT2D eigenvalue weighted by Gasteiger charge is 2.24. The minimum Gasteiger partial charge on any atom is -0.385 e. The summed E-state index contributed by atoms with van der Waals surface area (Å²) in [6.07, 6.45) is 2.36. The summed E-state index contributed by atoms with van der Waals surface area (Å²) < 4.78 is 68.5. The molecule has 10 nitrogen and oxygen atoms in total. The minimum atomic E-state index is -4.61. The summed E-state index contributed by atoms with van der Waals surface area (Å²) in [6, 6.07) is 9.23. The Labute approximate surface area is 202 Å². The summed E-state index contributed by atoms with van der Waals surface area (Å²) >= 11 is 0. The number of nitrogens with two attached hydrogens (primary N) is 1. The lowest BCUT2D eigenvalue weighted by molar-refractivity contribution is -0.121. The predicted molar refractivity (Wildman–Crippen MR) is 134 cm³/mol. The van der Waals surface area contributed by atoms with E-state index in [0.29, 0.717) is 58.6 Å². The number of unbranched alkanes of at least 4 members (excludes halogenated alkanes) is 2. The van der Waals surface area contributed by atoms with Gasteiger partial charge in [-0.3, -0.25) is 19.3 Å². The Balaban J connectivity index is 1.87. The first-order valence-corrected chi connectivity index (χ1v) is 13.7. The van der Waals surface area contributed by atoms with Gasteiger partial charge in [0.25, 0.3) is 20.2 Å². The van der Waals surface area contributed by atoms with Crippen molar-refractivity contribution in [3.8, 4) is 0 Å². The number of carbonyl (C=O) groups is 1. The number of amides is 1. The fourth-order valence-corrected chi connectivity index (χ4v) is 6.04. The number of carbonyl (C=O) groups excluding carboxylic acids is 1. The highest BCUT2D eigenvalue weighted by atomic mass is 32.2. The lowest BCUT2D eigenvalue weighted by Crippen LogP contribution is -2.29. The molecule has 0 heterocycles. The maximum Gasteiger partial charge on any atom is 0.295 e. The molecule has 0 unspecified atom stereocenters. The van der Waals surface area contributed by atoms with Gasteiger partial charge in [0.15, 0.2) is 0 Å². The zero-order valence-corrected chi connectivity index (χ0v) is 20.5. The van der Waals surface area contributed by atoms with Crippen LogP contribution in [-0.4, -0.2) is 38.4 Å². The number of nitrogens with one attached hydrogen (secondary N) is 2. The molecule has 0 atom stereocenters. The van der Waals surface area contributed by atoms with E-state index in [0.717, 1.165) is 6.42 Å². The Morgan fingerprint density at radius 1 is 0.829 bits per heavy atom. The van der Waals surface area contributed by atoms with Crippen LogP contribution in [0, 0.1) is 6.92 Å². The van der Waals surface area contributed by atoms with Crippen LogP contribution in [0.4, 0.5) is 5.69 Å². The third-order valence-electron chi connectivity index (χ3n) is 6.14. The van der Waals surface area contributed by atoms with Crippen molar-refractivity contribution >= 4 is 64.1 Å². The van der Waals surface area contributed by atoms with Crippen LogP contribution in [0.2, 0.25) is 0 Å². The topological polar surface area (TPSA) is 176 Å². The number of aryl methyl sites for hydroxylation is 1. The van der Waals surface area contributed by atoms with Crippen molar-refractivity contribution in [3.05, 3.63) is 42.0 Å². The molecule has 0 aromatic heterocycles. The lowest BCUT2D eigenvalue weighted by Gasteiger charge is -2.19. The maximum absolute atomic E-state index is 12.3. The van der Waals surface area contributed by atoms with Crippen molar-refractivity contribution in [3.63, 3.8) is 0 Å². The molecule has 0 saturated carbocycles. The molecular weight excluding hydrogens is 494 g/mol. The van der Waals surface area contributed by atoms with Crippen LogP contribution in [0.3, 0.4) is 0 Å². The van der Waals surface area contributed by atoms with Gasteiger partial charge in [-0.05, 0) is 48.2 Å². The normalized spacial score (nSPS) is 12.6. The van der Waals surface area contributed by atoms with Gasteiger partial charge in [-0.15, -0.1) is 0 Å². The molecular formula is C23H25N3O7S2. The monoisotopic (exact) mass is 519 g/mol. The quantitative estimate of drug-likeness (QED) is 0.0554. The molecule has 4 aromatic carbocycles. The second-order valence-corrected chi connectivity index (χ2v) is 11.2. The second kappa shape index (κ2) is 9.21. The van der Waals surface area contributed by atoms with Crippen LogP contribution in [-0.2, 0) is 25.0 Å². The molecule has 0 radical (unpaired) electrons. The van der Waals surface area contributed by atoms with Crippen molar-refractivity contribution < 1.29 is 30.7 Å². The Kier molecular flexibility index (Phi) is 6.60. The van der Waals surface area contributed by atoms with E-state index in [9.17, 15) is 30.7 Å².